The van der Waals surface area contributed by atoms with E-state index in [9.17, 15) is 0 Å². The number of benzene rings is 2. The van der Waals surface area contributed by atoms with Crippen LogP contribution in [-0.4, -0.2) is 4.98 Å². The van der Waals surface area contributed by atoms with Crippen LogP contribution in [0.5, 0.6) is 0 Å². The number of nitrogens with zero attached hydrogens (tertiary/aromatic N) is 1. The molecular weight excluding hydrogens is 244 g/mol. The summed E-state index contributed by atoms with van der Waals surface area (Å²) >= 11 is 1.51. The molecule has 3 aromatic rings. The van der Waals surface area contributed by atoms with E-state index in [1.807, 2.05) is 48.5 Å². The van der Waals surface area contributed by atoms with Gasteiger partial charge >= 0.3 is 0 Å². The topological polar surface area (TPSA) is 52.0 Å². The third-order valence-electron chi connectivity index (χ3n) is 2.64. The molecule has 2 N–H and O–H groups in total. The molecule has 90 valence electrons. The summed E-state index contributed by atoms with van der Waals surface area (Å²) in [5, 5.41) is 0.664. The Bertz CT molecular complexity index is 628. The Morgan fingerprint density at radius 3 is 2.56 bits per heavy atom. The zero-order valence-corrected chi connectivity index (χ0v) is 10.5. The maximum Gasteiger partial charge on any atom is 0.261 e. The first kappa shape index (κ1) is 11.3. The van der Waals surface area contributed by atoms with E-state index in [-0.39, 0.29) is 0 Å². The molecule has 0 radical (unpaired) electrons. The van der Waals surface area contributed by atoms with Crippen LogP contribution in [-0.2, 0) is 6.54 Å². The number of para-hydroxylation sites is 2. The van der Waals surface area contributed by atoms with Crippen LogP contribution in [0, 0.1) is 0 Å². The Morgan fingerprint density at radius 1 is 1.06 bits per heavy atom. The quantitative estimate of drug-likeness (QED) is 0.780. The highest BCUT2D eigenvalue weighted by Crippen LogP contribution is 2.29. The molecule has 0 fully saturated rings. The van der Waals surface area contributed by atoms with E-state index in [4.69, 9.17) is 10.2 Å². The molecule has 3 nitrogen and oxygen atoms in total. The predicted octanol–water partition coefficient (Wildman–Crippen LogP) is 3.44. The number of nitrogens with two attached hydrogens (primary N) is 1. The molecule has 0 aliphatic heterocycles. The van der Waals surface area contributed by atoms with Crippen molar-refractivity contribution in [1.82, 2.24) is 4.98 Å². The van der Waals surface area contributed by atoms with Crippen molar-refractivity contribution in [3.8, 4) is 0 Å². The fourth-order valence-corrected chi connectivity index (χ4v) is 2.44. The van der Waals surface area contributed by atoms with Gasteiger partial charge in [0.2, 0.25) is 0 Å². The predicted molar refractivity (Wildman–Crippen MR) is 72.5 cm³/mol. The first-order valence-corrected chi connectivity index (χ1v) is 6.49. The third kappa shape index (κ3) is 2.25. The summed E-state index contributed by atoms with van der Waals surface area (Å²) in [6, 6.07) is 15.9. The Kier molecular flexibility index (Phi) is 3.04. The van der Waals surface area contributed by atoms with Gasteiger partial charge in [-0.05, 0) is 41.6 Å². The van der Waals surface area contributed by atoms with Gasteiger partial charge in [-0.2, -0.15) is 0 Å². The molecule has 1 aromatic heterocycles. The monoisotopic (exact) mass is 256 g/mol. The number of hydrogen-bond acceptors (Lipinski definition) is 4. The molecule has 2 aromatic carbocycles. The summed E-state index contributed by atoms with van der Waals surface area (Å²) in [5.41, 5.74) is 8.39. The molecule has 4 heteroatoms. The van der Waals surface area contributed by atoms with Crippen molar-refractivity contribution >= 4 is 22.9 Å². The molecule has 0 aliphatic carbocycles. The van der Waals surface area contributed by atoms with Crippen LogP contribution < -0.4 is 5.73 Å². The highest BCUT2D eigenvalue weighted by Gasteiger charge is 2.06. The summed E-state index contributed by atoms with van der Waals surface area (Å²) in [6.45, 7) is 0.563. The second-order valence-corrected chi connectivity index (χ2v) is 4.92. The van der Waals surface area contributed by atoms with E-state index in [2.05, 4.69) is 4.98 Å². The fraction of sp³-hybridized carbons (Fsp3) is 0.0714. The van der Waals surface area contributed by atoms with E-state index in [0.717, 1.165) is 21.6 Å². The molecule has 1 heterocycles. The van der Waals surface area contributed by atoms with E-state index in [1.165, 1.54) is 11.8 Å². The van der Waals surface area contributed by atoms with Gasteiger partial charge in [0, 0.05) is 11.4 Å². The lowest BCUT2D eigenvalue weighted by atomic mass is 10.2. The van der Waals surface area contributed by atoms with Crippen molar-refractivity contribution in [3.05, 3.63) is 54.1 Å². The Morgan fingerprint density at radius 2 is 1.83 bits per heavy atom. The van der Waals surface area contributed by atoms with Crippen LogP contribution in [0.15, 0.2) is 63.1 Å². The molecule has 0 amide bonds. The molecule has 0 atom stereocenters. The molecule has 3 rings (SSSR count). The molecule has 0 spiro atoms. The summed E-state index contributed by atoms with van der Waals surface area (Å²) in [6.07, 6.45) is 0. The maximum absolute atomic E-state index is 5.66. The summed E-state index contributed by atoms with van der Waals surface area (Å²) < 4.78 is 5.66. The second-order valence-electron chi connectivity index (χ2n) is 3.90. The van der Waals surface area contributed by atoms with Crippen molar-refractivity contribution < 1.29 is 4.42 Å². The largest absolute Gasteiger partial charge is 0.431 e. The number of hydrogen-bond donors (Lipinski definition) is 1. The van der Waals surface area contributed by atoms with Gasteiger partial charge in [0.15, 0.2) is 5.58 Å². The van der Waals surface area contributed by atoms with Gasteiger partial charge in [0.05, 0.1) is 0 Å². The normalized spacial score (nSPS) is 10.9. The van der Waals surface area contributed by atoms with Crippen molar-refractivity contribution in [2.45, 2.75) is 16.7 Å². The highest BCUT2D eigenvalue weighted by atomic mass is 32.2. The van der Waals surface area contributed by atoms with Crippen molar-refractivity contribution in [3.63, 3.8) is 0 Å². The van der Waals surface area contributed by atoms with Crippen LogP contribution in [0.3, 0.4) is 0 Å². The van der Waals surface area contributed by atoms with Crippen LogP contribution >= 0.6 is 11.8 Å². The Hall–Kier alpha value is -1.78. The van der Waals surface area contributed by atoms with Crippen LogP contribution in [0.25, 0.3) is 11.1 Å². The van der Waals surface area contributed by atoms with Crippen LogP contribution in [0.4, 0.5) is 0 Å². The summed E-state index contributed by atoms with van der Waals surface area (Å²) in [5.74, 6) is 0. The zero-order valence-electron chi connectivity index (χ0n) is 9.67. The maximum atomic E-state index is 5.66. The number of fused-ring (bicyclic) bond motifs is 1. The molecule has 0 unspecified atom stereocenters. The average molecular weight is 256 g/mol. The first-order valence-electron chi connectivity index (χ1n) is 5.67. The number of oxazole rings is 1. The third-order valence-corrected chi connectivity index (χ3v) is 3.50. The molecule has 0 bridgehead atoms. The average Bonchev–Trinajstić information content (AvgIpc) is 2.82. The molecule has 0 aliphatic rings. The Labute approximate surface area is 109 Å². The lowest BCUT2D eigenvalue weighted by molar-refractivity contribution is 0.489. The second kappa shape index (κ2) is 4.84. The van der Waals surface area contributed by atoms with Gasteiger partial charge in [0.25, 0.3) is 5.22 Å². The molecule has 18 heavy (non-hydrogen) atoms. The first-order chi connectivity index (χ1) is 8.85. The number of rotatable bonds is 3. The molecular formula is C14H12N2OS. The van der Waals surface area contributed by atoms with E-state index in [1.54, 1.807) is 0 Å². The van der Waals surface area contributed by atoms with Crippen molar-refractivity contribution in [2.75, 3.05) is 0 Å². The SMILES string of the molecule is NCc1ccc(Sc2nc3ccccc3o2)cc1. The number of aromatic nitrogens is 1. The van der Waals surface area contributed by atoms with Crippen LogP contribution in [0.1, 0.15) is 5.56 Å². The molecule has 0 saturated carbocycles. The zero-order chi connectivity index (χ0) is 12.4. The minimum atomic E-state index is 0.563. The standard InChI is InChI=1S/C14H12N2OS/c15-9-10-5-7-11(8-6-10)18-14-16-12-3-1-2-4-13(12)17-14/h1-8H,9,15H2. The van der Waals surface area contributed by atoms with Gasteiger partial charge in [-0.1, -0.05) is 24.3 Å². The minimum absolute atomic E-state index is 0.563. The minimum Gasteiger partial charge on any atom is -0.431 e. The van der Waals surface area contributed by atoms with Gasteiger partial charge in [-0.25, -0.2) is 4.98 Å². The van der Waals surface area contributed by atoms with Gasteiger partial charge in [-0.3, -0.25) is 0 Å². The smallest absolute Gasteiger partial charge is 0.261 e. The van der Waals surface area contributed by atoms with Crippen molar-refractivity contribution in [2.24, 2.45) is 5.73 Å². The summed E-state index contributed by atoms with van der Waals surface area (Å²) in [7, 11) is 0. The lowest BCUT2D eigenvalue weighted by Gasteiger charge is -1.98. The van der Waals surface area contributed by atoms with Crippen molar-refractivity contribution in [1.29, 1.82) is 0 Å². The Balaban J connectivity index is 1.86. The lowest BCUT2D eigenvalue weighted by Crippen LogP contribution is -1.94. The van der Waals surface area contributed by atoms with Gasteiger partial charge < -0.3 is 10.2 Å². The van der Waals surface area contributed by atoms with E-state index in [0.29, 0.717) is 11.8 Å². The highest BCUT2D eigenvalue weighted by molar-refractivity contribution is 7.99. The van der Waals surface area contributed by atoms with Gasteiger partial charge in [0.1, 0.15) is 5.52 Å². The van der Waals surface area contributed by atoms with Crippen LogP contribution in [0.2, 0.25) is 0 Å². The summed E-state index contributed by atoms with van der Waals surface area (Å²) in [4.78, 5) is 5.52. The fourth-order valence-electron chi connectivity index (χ4n) is 1.69. The van der Waals surface area contributed by atoms with E-state index < -0.39 is 0 Å². The van der Waals surface area contributed by atoms with Gasteiger partial charge in [-0.15, -0.1) is 0 Å². The van der Waals surface area contributed by atoms with E-state index >= 15 is 0 Å². The molecule has 0 saturated heterocycles.